The zero-order chi connectivity index (χ0) is 22.7. The van der Waals surface area contributed by atoms with Crippen molar-refractivity contribution in [2.45, 2.75) is 19.0 Å². The van der Waals surface area contributed by atoms with Gasteiger partial charge in [-0.2, -0.15) is 10.5 Å². The molecule has 1 unspecified atom stereocenters. The molecule has 10 heteroatoms. The van der Waals surface area contributed by atoms with Gasteiger partial charge in [0.25, 0.3) is 0 Å². The van der Waals surface area contributed by atoms with Crippen LogP contribution in [0.1, 0.15) is 34.7 Å². The van der Waals surface area contributed by atoms with Gasteiger partial charge in [-0.15, -0.1) is 0 Å². The normalized spacial score (nSPS) is 19.0. The molecule has 6 N–H and O–H groups in total. The standard InChI is InChI=1S/C22H26N10/c1-31-7-2-8-32(10-9-31)12-14-3-5-15(6-4-14)19-17-18(25)16(11-23)20(26)29-21(17)30-22(28-19)27-13-24/h3-6,19H,2,7-10,12H2,1H3,(H6,25,26,27,28,29,30). The number of hydrogen-bond donors (Lipinski definition) is 4. The Morgan fingerprint density at radius 1 is 1.16 bits per heavy atom. The van der Waals surface area contributed by atoms with Crippen LogP contribution in [0.25, 0.3) is 0 Å². The van der Waals surface area contributed by atoms with Gasteiger partial charge in [-0.25, -0.2) is 9.98 Å². The fourth-order valence-corrected chi connectivity index (χ4v) is 4.14. The van der Waals surface area contributed by atoms with Gasteiger partial charge in [0.15, 0.2) is 6.19 Å². The number of pyridine rings is 1. The maximum absolute atomic E-state index is 9.45. The topological polar surface area (TPSA) is 155 Å². The van der Waals surface area contributed by atoms with Gasteiger partial charge in [-0.05, 0) is 37.7 Å². The molecule has 2 aliphatic rings. The minimum Gasteiger partial charge on any atom is -0.397 e. The molecule has 32 heavy (non-hydrogen) atoms. The predicted octanol–water partition coefficient (Wildman–Crippen LogP) is 1.20. The molecule has 2 aromatic rings. The Bertz CT molecular complexity index is 1110. The van der Waals surface area contributed by atoms with E-state index >= 15 is 0 Å². The van der Waals surface area contributed by atoms with E-state index in [1.807, 2.05) is 24.4 Å². The number of anilines is 3. The largest absolute Gasteiger partial charge is 0.397 e. The SMILES string of the molecule is CN1CCCN(Cc2ccc(C3N=C(NC#N)Nc4nc(N)c(C#N)c(N)c43)cc2)CC1. The van der Waals surface area contributed by atoms with E-state index in [0.717, 1.165) is 38.3 Å². The van der Waals surface area contributed by atoms with Gasteiger partial charge in [0.05, 0.1) is 5.69 Å². The lowest BCUT2D eigenvalue weighted by Gasteiger charge is -2.26. The highest BCUT2D eigenvalue weighted by atomic mass is 15.2. The number of rotatable bonds is 3. The Kier molecular flexibility index (Phi) is 6.08. The molecule has 1 aromatic heterocycles. The number of likely N-dealkylation sites (N-methyl/N-ethyl adjacent to an activating group) is 1. The lowest BCUT2D eigenvalue weighted by atomic mass is 9.94. The number of nitriles is 2. The molecule has 0 aliphatic carbocycles. The van der Waals surface area contributed by atoms with E-state index < -0.39 is 6.04 Å². The maximum Gasteiger partial charge on any atom is 0.211 e. The third-order valence-electron chi connectivity index (χ3n) is 5.87. The van der Waals surface area contributed by atoms with Gasteiger partial charge in [-0.1, -0.05) is 24.3 Å². The van der Waals surface area contributed by atoms with Crippen molar-refractivity contribution in [2.24, 2.45) is 4.99 Å². The molecule has 1 aromatic carbocycles. The number of nitrogens with zero attached hydrogens (tertiary/aromatic N) is 6. The van der Waals surface area contributed by atoms with Gasteiger partial charge in [0, 0.05) is 25.2 Å². The monoisotopic (exact) mass is 430 g/mol. The highest BCUT2D eigenvalue weighted by molar-refractivity contribution is 5.98. The van der Waals surface area contributed by atoms with Crippen LogP contribution in [0.4, 0.5) is 17.3 Å². The van der Waals surface area contributed by atoms with E-state index in [-0.39, 0.29) is 23.0 Å². The zero-order valence-electron chi connectivity index (χ0n) is 18.0. The number of aliphatic imine (C=N–C) groups is 1. The maximum atomic E-state index is 9.45. The van der Waals surface area contributed by atoms with Crippen molar-refractivity contribution in [3.05, 3.63) is 46.5 Å². The summed E-state index contributed by atoms with van der Waals surface area (Å²) in [5.41, 5.74) is 15.2. The van der Waals surface area contributed by atoms with Gasteiger partial charge in [-0.3, -0.25) is 10.2 Å². The second kappa shape index (κ2) is 9.10. The van der Waals surface area contributed by atoms with Crippen molar-refractivity contribution in [3.63, 3.8) is 0 Å². The second-order valence-electron chi connectivity index (χ2n) is 8.08. The molecule has 1 fully saturated rings. The number of guanidine groups is 1. The van der Waals surface area contributed by atoms with Crippen molar-refractivity contribution in [3.8, 4) is 12.3 Å². The van der Waals surface area contributed by atoms with Crippen molar-refractivity contribution < 1.29 is 0 Å². The summed E-state index contributed by atoms with van der Waals surface area (Å²) >= 11 is 0. The van der Waals surface area contributed by atoms with E-state index in [1.54, 1.807) is 0 Å². The van der Waals surface area contributed by atoms with Crippen molar-refractivity contribution in [2.75, 3.05) is 50.0 Å². The van der Waals surface area contributed by atoms with Crippen LogP contribution in [-0.2, 0) is 6.54 Å². The molecular formula is C22H26N10. The summed E-state index contributed by atoms with van der Waals surface area (Å²) in [7, 11) is 2.16. The van der Waals surface area contributed by atoms with Crippen LogP contribution < -0.4 is 22.1 Å². The molecule has 164 valence electrons. The summed E-state index contributed by atoms with van der Waals surface area (Å²) in [5.74, 6) is 0.667. The molecule has 10 nitrogen and oxygen atoms in total. The van der Waals surface area contributed by atoms with Gasteiger partial charge >= 0.3 is 0 Å². The number of nitrogen functional groups attached to an aromatic ring is 2. The lowest BCUT2D eigenvalue weighted by molar-refractivity contribution is 0.269. The number of hydrogen-bond acceptors (Lipinski definition) is 10. The van der Waals surface area contributed by atoms with Crippen molar-refractivity contribution in [1.82, 2.24) is 20.1 Å². The predicted molar refractivity (Wildman–Crippen MR) is 123 cm³/mol. The summed E-state index contributed by atoms with van der Waals surface area (Å²) in [4.78, 5) is 13.7. The first kappa shape index (κ1) is 21.4. The average molecular weight is 431 g/mol. The van der Waals surface area contributed by atoms with Crippen molar-refractivity contribution >= 4 is 23.3 Å². The van der Waals surface area contributed by atoms with Crippen LogP contribution in [0.15, 0.2) is 29.3 Å². The molecule has 0 spiro atoms. The molecule has 3 heterocycles. The van der Waals surface area contributed by atoms with Crippen LogP contribution in [0.3, 0.4) is 0 Å². The van der Waals surface area contributed by atoms with E-state index in [4.69, 9.17) is 16.7 Å². The van der Waals surface area contributed by atoms with Gasteiger partial charge < -0.3 is 21.7 Å². The minimum atomic E-state index is -0.525. The van der Waals surface area contributed by atoms with Crippen LogP contribution >= 0.6 is 0 Å². The summed E-state index contributed by atoms with van der Waals surface area (Å²) in [6.45, 7) is 5.23. The van der Waals surface area contributed by atoms with Crippen LogP contribution in [0, 0.1) is 22.8 Å². The summed E-state index contributed by atoms with van der Waals surface area (Å²) < 4.78 is 0. The molecule has 1 atom stereocenters. The second-order valence-corrected chi connectivity index (χ2v) is 8.08. The summed E-state index contributed by atoms with van der Waals surface area (Å²) in [6.07, 6.45) is 3.03. The molecule has 0 bridgehead atoms. The van der Waals surface area contributed by atoms with Crippen LogP contribution in [0.5, 0.6) is 0 Å². The minimum absolute atomic E-state index is 0.0339. The Morgan fingerprint density at radius 3 is 2.66 bits per heavy atom. The molecule has 0 amide bonds. The number of nitrogens with two attached hydrogens (primary N) is 2. The Hall–Kier alpha value is -3.86. The Morgan fingerprint density at radius 2 is 1.94 bits per heavy atom. The molecule has 1 saturated heterocycles. The quantitative estimate of drug-likeness (QED) is 0.415. The first-order chi connectivity index (χ1) is 15.5. The Balaban J connectivity index is 1.64. The molecule has 0 saturated carbocycles. The van der Waals surface area contributed by atoms with Crippen LogP contribution in [-0.4, -0.2) is 54.0 Å². The van der Waals surface area contributed by atoms with Gasteiger partial charge in [0.1, 0.15) is 29.3 Å². The number of nitrogens with one attached hydrogen (secondary N) is 2. The van der Waals surface area contributed by atoms with E-state index in [1.165, 1.54) is 12.0 Å². The lowest BCUT2D eigenvalue weighted by Crippen LogP contribution is -2.32. The fraction of sp³-hybridized carbons (Fsp3) is 0.364. The summed E-state index contributed by atoms with van der Waals surface area (Å²) in [6, 6.07) is 9.69. The number of fused-ring (bicyclic) bond motifs is 1. The third kappa shape index (κ3) is 4.28. The Labute approximate surface area is 187 Å². The molecule has 2 aliphatic heterocycles. The first-order valence-corrected chi connectivity index (χ1v) is 10.5. The van der Waals surface area contributed by atoms with E-state index in [2.05, 4.69) is 49.6 Å². The zero-order valence-corrected chi connectivity index (χ0v) is 18.0. The first-order valence-electron chi connectivity index (χ1n) is 10.5. The summed E-state index contributed by atoms with van der Waals surface area (Å²) in [5, 5.41) is 23.9. The molecular weight excluding hydrogens is 404 g/mol. The van der Waals surface area contributed by atoms with Gasteiger partial charge in [0.2, 0.25) is 5.96 Å². The third-order valence-corrected chi connectivity index (χ3v) is 5.87. The van der Waals surface area contributed by atoms with Crippen LogP contribution in [0.2, 0.25) is 0 Å². The molecule has 4 rings (SSSR count). The highest BCUT2D eigenvalue weighted by Crippen LogP contribution is 2.40. The number of benzene rings is 1. The highest BCUT2D eigenvalue weighted by Gasteiger charge is 2.29. The number of aromatic nitrogens is 1. The molecule has 0 radical (unpaired) electrons. The van der Waals surface area contributed by atoms with Crippen molar-refractivity contribution in [1.29, 1.82) is 10.5 Å². The average Bonchev–Trinajstić information content (AvgIpc) is 2.98. The fourth-order valence-electron chi connectivity index (χ4n) is 4.14. The van der Waals surface area contributed by atoms with E-state index in [0.29, 0.717) is 11.4 Å². The van der Waals surface area contributed by atoms with E-state index in [9.17, 15) is 5.26 Å². The smallest absolute Gasteiger partial charge is 0.211 e.